The lowest BCUT2D eigenvalue weighted by Gasteiger charge is -2.45. The maximum atomic E-state index is 11.1. The van der Waals surface area contributed by atoms with Crippen molar-refractivity contribution in [2.75, 3.05) is 25.0 Å². The molecule has 102 valence electrons. The minimum Gasteiger partial charge on any atom is -0.381 e. The van der Waals surface area contributed by atoms with Gasteiger partial charge in [-0.2, -0.15) is 0 Å². The van der Waals surface area contributed by atoms with Crippen molar-refractivity contribution in [3.63, 3.8) is 0 Å². The van der Waals surface area contributed by atoms with Crippen LogP contribution in [0.15, 0.2) is 24.3 Å². The van der Waals surface area contributed by atoms with Crippen LogP contribution in [-0.4, -0.2) is 36.5 Å². The molecule has 19 heavy (non-hydrogen) atoms. The van der Waals surface area contributed by atoms with Crippen LogP contribution in [0.25, 0.3) is 0 Å². The first-order valence-corrected chi connectivity index (χ1v) is 7.07. The SMILES string of the molecule is NC(=O)Cc1ccccc1NC1CN2CCC1CC2. The Labute approximate surface area is 114 Å². The summed E-state index contributed by atoms with van der Waals surface area (Å²) in [6.07, 6.45) is 2.88. The molecule has 1 aromatic rings. The number of carbonyl (C=O) groups is 1. The van der Waals surface area contributed by atoms with E-state index in [0.717, 1.165) is 23.7 Å². The number of para-hydroxylation sites is 1. The van der Waals surface area contributed by atoms with Gasteiger partial charge in [-0.25, -0.2) is 0 Å². The molecule has 4 nitrogen and oxygen atoms in total. The zero-order chi connectivity index (χ0) is 13.2. The molecule has 1 unspecified atom stereocenters. The Morgan fingerprint density at radius 2 is 2.05 bits per heavy atom. The first kappa shape index (κ1) is 12.5. The number of nitrogens with two attached hydrogens (primary N) is 1. The molecule has 1 atom stereocenters. The van der Waals surface area contributed by atoms with Gasteiger partial charge in [0.05, 0.1) is 6.42 Å². The van der Waals surface area contributed by atoms with Gasteiger partial charge < -0.3 is 16.0 Å². The Bertz CT molecular complexity index is 466. The number of anilines is 1. The second-order valence-corrected chi connectivity index (χ2v) is 5.69. The number of benzene rings is 1. The molecule has 3 aliphatic heterocycles. The van der Waals surface area contributed by atoms with Crippen LogP contribution < -0.4 is 11.1 Å². The monoisotopic (exact) mass is 259 g/mol. The van der Waals surface area contributed by atoms with Gasteiger partial charge in [0.25, 0.3) is 0 Å². The summed E-state index contributed by atoms with van der Waals surface area (Å²) in [7, 11) is 0. The highest BCUT2D eigenvalue weighted by molar-refractivity contribution is 5.78. The van der Waals surface area contributed by atoms with E-state index >= 15 is 0 Å². The lowest BCUT2D eigenvalue weighted by Crippen LogP contribution is -2.53. The summed E-state index contributed by atoms with van der Waals surface area (Å²) >= 11 is 0. The van der Waals surface area contributed by atoms with Gasteiger partial charge in [-0.15, -0.1) is 0 Å². The molecule has 0 aromatic heterocycles. The highest BCUT2D eigenvalue weighted by Gasteiger charge is 2.34. The van der Waals surface area contributed by atoms with E-state index < -0.39 is 0 Å². The maximum Gasteiger partial charge on any atom is 0.221 e. The molecular weight excluding hydrogens is 238 g/mol. The quantitative estimate of drug-likeness (QED) is 0.855. The third-order valence-electron chi connectivity index (χ3n) is 4.38. The molecule has 0 radical (unpaired) electrons. The predicted molar refractivity (Wildman–Crippen MR) is 75.9 cm³/mol. The topological polar surface area (TPSA) is 58.4 Å². The van der Waals surface area contributed by atoms with Crippen molar-refractivity contribution in [3.8, 4) is 0 Å². The van der Waals surface area contributed by atoms with E-state index in [1.165, 1.54) is 25.9 Å². The minimum atomic E-state index is -0.275. The van der Waals surface area contributed by atoms with Crippen molar-refractivity contribution >= 4 is 11.6 Å². The van der Waals surface area contributed by atoms with Crippen LogP contribution in [0, 0.1) is 5.92 Å². The van der Waals surface area contributed by atoms with Gasteiger partial charge in [0.1, 0.15) is 0 Å². The molecule has 3 aliphatic rings. The number of nitrogens with zero attached hydrogens (tertiary/aromatic N) is 1. The van der Waals surface area contributed by atoms with E-state index in [4.69, 9.17) is 5.73 Å². The number of rotatable bonds is 4. The van der Waals surface area contributed by atoms with E-state index in [0.29, 0.717) is 12.5 Å². The van der Waals surface area contributed by atoms with Crippen LogP contribution in [0.2, 0.25) is 0 Å². The fourth-order valence-electron chi connectivity index (χ4n) is 3.33. The lowest BCUT2D eigenvalue weighted by atomic mass is 9.84. The molecule has 0 spiro atoms. The molecule has 3 fully saturated rings. The summed E-state index contributed by atoms with van der Waals surface area (Å²) in [6, 6.07) is 8.51. The fourth-order valence-corrected chi connectivity index (χ4v) is 3.33. The molecule has 2 bridgehead atoms. The number of piperidine rings is 3. The Kier molecular flexibility index (Phi) is 3.42. The summed E-state index contributed by atoms with van der Waals surface area (Å²) < 4.78 is 0. The Hall–Kier alpha value is -1.55. The number of fused-ring (bicyclic) bond motifs is 3. The molecule has 1 aromatic carbocycles. The summed E-state index contributed by atoms with van der Waals surface area (Å²) in [4.78, 5) is 13.6. The molecule has 4 heteroatoms. The van der Waals surface area contributed by atoms with Crippen molar-refractivity contribution in [1.82, 2.24) is 4.90 Å². The number of carbonyl (C=O) groups excluding carboxylic acids is 1. The Morgan fingerprint density at radius 3 is 2.68 bits per heavy atom. The van der Waals surface area contributed by atoms with E-state index in [-0.39, 0.29) is 5.91 Å². The molecule has 0 aliphatic carbocycles. The van der Waals surface area contributed by atoms with E-state index in [1.54, 1.807) is 0 Å². The predicted octanol–water partition coefficient (Wildman–Crippen LogP) is 1.22. The van der Waals surface area contributed by atoms with Crippen LogP contribution in [0.4, 0.5) is 5.69 Å². The number of nitrogens with one attached hydrogen (secondary N) is 1. The van der Waals surface area contributed by atoms with Crippen molar-refractivity contribution in [1.29, 1.82) is 0 Å². The molecule has 0 saturated carbocycles. The summed E-state index contributed by atoms with van der Waals surface area (Å²) in [5.74, 6) is 0.495. The van der Waals surface area contributed by atoms with E-state index in [9.17, 15) is 4.79 Å². The number of amides is 1. The normalized spacial score (nSPS) is 29.2. The first-order valence-electron chi connectivity index (χ1n) is 7.07. The van der Waals surface area contributed by atoms with Crippen LogP contribution in [-0.2, 0) is 11.2 Å². The van der Waals surface area contributed by atoms with Gasteiger partial charge in [-0.3, -0.25) is 4.79 Å². The third-order valence-corrected chi connectivity index (χ3v) is 4.38. The Balaban J connectivity index is 1.74. The lowest BCUT2D eigenvalue weighted by molar-refractivity contribution is -0.117. The average Bonchev–Trinajstić information content (AvgIpc) is 2.42. The largest absolute Gasteiger partial charge is 0.381 e. The standard InChI is InChI=1S/C15H21N3O/c16-15(19)9-12-3-1-2-4-13(12)17-14-10-18-7-5-11(14)6-8-18/h1-4,11,14,17H,5-10H2,(H2,16,19). The number of primary amides is 1. The van der Waals surface area contributed by atoms with Gasteiger partial charge in [-0.1, -0.05) is 18.2 Å². The second-order valence-electron chi connectivity index (χ2n) is 5.69. The van der Waals surface area contributed by atoms with Crippen LogP contribution in [0.5, 0.6) is 0 Å². The summed E-state index contributed by atoms with van der Waals surface area (Å²) in [5.41, 5.74) is 7.39. The van der Waals surface area contributed by atoms with Gasteiger partial charge in [0.15, 0.2) is 0 Å². The molecule has 1 amide bonds. The van der Waals surface area contributed by atoms with Crippen LogP contribution in [0.1, 0.15) is 18.4 Å². The van der Waals surface area contributed by atoms with E-state index in [2.05, 4.69) is 16.3 Å². The minimum absolute atomic E-state index is 0.275. The number of hydrogen-bond acceptors (Lipinski definition) is 3. The highest BCUT2D eigenvalue weighted by atomic mass is 16.1. The third kappa shape index (κ3) is 2.73. The zero-order valence-electron chi connectivity index (χ0n) is 11.1. The molecule has 4 rings (SSSR count). The molecule has 3 heterocycles. The van der Waals surface area contributed by atoms with Crippen molar-refractivity contribution in [3.05, 3.63) is 29.8 Å². The molecule has 3 N–H and O–H groups in total. The maximum absolute atomic E-state index is 11.1. The molecular formula is C15H21N3O. The van der Waals surface area contributed by atoms with Gasteiger partial charge in [-0.05, 0) is 43.5 Å². The number of hydrogen-bond donors (Lipinski definition) is 2. The summed E-state index contributed by atoms with van der Waals surface area (Å²) in [6.45, 7) is 3.60. The first-order chi connectivity index (χ1) is 9.22. The zero-order valence-corrected chi connectivity index (χ0v) is 11.1. The van der Waals surface area contributed by atoms with Crippen molar-refractivity contribution in [2.45, 2.75) is 25.3 Å². The van der Waals surface area contributed by atoms with Crippen LogP contribution >= 0.6 is 0 Å². The smallest absolute Gasteiger partial charge is 0.221 e. The fraction of sp³-hybridized carbons (Fsp3) is 0.533. The van der Waals surface area contributed by atoms with E-state index in [1.807, 2.05) is 18.2 Å². The second kappa shape index (κ2) is 5.21. The van der Waals surface area contributed by atoms with Gasteiger partial charge in [0, 0.05) is 18.3 Å². The van der Waals surface area contributed by atoms with Crippen molar-refractivity contribution < 1.29 is 4.79 Å². The average molecular weight is 259 g/mol. The van der Waals surface area contributed by atoms with Gasteiger partial charge in [0.2, 0.25) is 5.91 Å². The van der Waals surface area contributed by atoms with Gasteiger partial charge >= 0.3 is 0 Å². The summed E-state index contributed by atoms with van der Waals surface area (Å²) in [5, 5.41) is 3.64. The highest BCUT2D eigenvalue weighted by Crippen LogP contribution is 2.30. The van der Waals surface area contributed by atoms with Crippen molar-refractivity contribution in [2.24, 2.45) is 11.7 Å². The molecule has 3 saturated heterocycles. The Morgan fingerprint density at radius 1 is 1.32 bits per heavy atom. The van der Waals surface area contributed by atoms with Crippen LogP contribution in [0.3, 0.4) is 0 Å².